The number of aryl methyl sites for hydroxylation is 2. The summed E-state index contributed by atoms with van der Waals surface area (Å²) in [6, 6.07) is 4.81. The van der Waals surface area contributed by atoms with Gasteiger partial charge in [0, 0.05) is 23.6 Å². The average Bonchev–Trinajstić information content (AvgIpc) is 3.33. The molecule has 9 heteroatoms. The number of β-amino-alcohol motifs (C(OH)–C–C–N with tert-alkyl or cyclic N) is 1. The van der Waals surface area contributed by atoms with Gasteiger partial charge in [0.1, 0.15) is 11.6 Å². The molecule has 3 fully saturated rings. The number of nitrogens with zero attached hydrogens (tertiary/aromatic N) is 1. The number of amides is 3. The third-order valence-corrected chi connectivity index (χ3v) is 7.80. The quantitative estimate of drug-likeness (QED) is 0.484. The molecule has 4 rings (SSSR count). The zero-order valence-electron chi connectivity index (χ0n) is 18.6. The minimum Gasteiger partial charge on any atom is -0.395 e. The van der Waals surface area contributed by atoms with Gasteiger partial charge in [-0.2, -0.15) is 0 Å². The molecule has 3 saturated heterocycles. The number of rotatable bonds is 7. The fraction of sp³-hybridized carbons (Fsp3) is 0.609. The lowest BCUT2D eigenvalue weighted by Gasteiger charge is -2.34. The van der Waals surface area contributed by atoms with E-state index in [0.29, 0.717) is 18.7 Å². The van der Waals surface area contributed by atoms with Gasteiger partial charge in [-0.15, -0.1) is 0 Å². The van der Waals surface area contributed by atoms with Crippen LogP contribution in [0.15, 0.2) is 18.2 Å². The van der Waals surface area contributed by atoms with Crippen LogP contribution in [-0.2, 0) is 19.1 Å². The van der Waals surface area contributed by atoms with Crippen LogP contribution in [0.25, 0.3) is 0 Å². The highest BCUT2D eigenvalue weighted by atomic mass is 79.9. The fourth-order valence-corrected chi connectivity index (χ4v) is 6.59. The first-order chi connectivity index (χ1) is 15.3. The van der Waals surface area contributed by atoms with E-state index in [9.17, 15) is 19.5 Å². The van der Waals surface area contributed by atoms with Crippen LogP contribution in [0.1, 0.15) is 30.9 Å². The van der Waals surface area contributed by atoms with Gasteiger partial charge in [0.2, 0.25) is 17.7 Å². The molecule has 0 aliphatic carbocycles. The van der Waals surface area contributed by atoms with Crippen LogP contribution in [0.4, 0.5) is 5.69 Å². The van der Waals surface area contributed by atoms with Crippen LogP contribution >= 0.6 is 15.9 Å². The molecule has 174 valence electrons. The van der Waals surface area contributed by atoms with E-state index in [1.165, 1.54) is 4.90 Å². The number of anilines is 1. The van der Waals surface area contributed by atoms with Gasteiger partial charge in [-0.25, -0.2) is 0 Å². The number of fused-ring (bicyclic) bond motifs is 1. The smallest absolute Gasteiger partial charge is 0.250 e. The minimum absolute atomic E-state index is 0.00615. The third kappa shape index (κ3) is 3.45. The van der Waals surface area contributed by atoms with Crippen LogP contribution in [0, 0.1) is 25.7 Å². The lowest BCUT2D eigenvalue weighted by atomic mass is 9.70. The molecule has 0 saturated carbocycles. The number of hydrogen-bond acceptors (Lipinski definition) is 5. The number of halogens is 1. The number of nitrogens with one attached hydrogen (secondary N) is 2. The van der Waals surface area contributed by atoms with Crippen molar-refractivity contribution in [1.29, 1.82) is 0 Å². The predicted molar refractivity (Wildman–Crippen MR) is 122 cm³/mol. The van der Waals surface area contributed by atoms with Crippen LogP contribution in [0.5, 0.6) is 0 Å². The molecule has 2 bridgehead atoms. The van der Waals surface area contributed by atoms with Crippen molar-refractivity contribution in [2.24, 2.45) is 11.8 Å². The van der Waals surface area contributed by atoms with Crippen molar-refractivity contribution in [3.05, 3.63) is 29.3 Å². The highest BCUT2D eigenvalue weighted by Crippen LogP contribution is 2.60. The van der Waals surface area contributed by atoms with Crippen LogP contribution in [0.2, 0.25) is 0 Å². The van der Waals surface area contributed by atoms with Crippen LogP contribution in [-0.4, -0.2) is 70.0 Å². The van der Waals surface area contributed by atoms with Crippen molar-refractivity contribution in [2.45, 2.75) is 56.2 Å². The highest BCUT2D eigenvalue weighted by molar-refractivity contribution is 9.09. The van der Waals surface area contributed by atoms with E-state index < -0.39 is 29.6 Å². The second-order valence-corrected chi connectivity index (χ2v) is 10.1. The molecule has 3 aliphatic heterocycles. The van der Waals surface area contributed by atoms with E-state index in [2.05, 4.69) is 26.6 Å². The van der Waals surface area contributed by atoms with Crippen LogP contribution < -0.4 is 10.6 Å². The fourth-order valence-electron chi connectivity index (χ4n) is 5.65. The van der Waals surface area contributed by atoms with Gasteiger partial charge in [-0.1, -0.05) is 41.1 Å². The number of carbonyl (C=O) groups excluding carboxylic acids is 3. The Morgan fingerprint density at radius 2 is 1.97 bits per heavy atom. The van der Waals surface area contributed by atoms with Gasteiger partial charge in [0.15, 0.2) is 0 Å². The maximum Gasteiger partial charge on any atom is 0.250 e. The molecule has 6 atom stereocenters. The zero-order chi connectivity index (χ0) is 23.2. The van der Waals surface area contributed by atoms with Crippen LogP contribution in [0.3, 0.4) is 0 Å². The first-order valence-electron chi connectivity index (χ1n) is 11.1. The summed E-state index contributed by atoms with van der Waals surface area (Å²) in [5, 5.41) is 15.5. The standard InChI is InChI=1S/C23H30BrN3O5/c1-4-8-25-20(29)15-16-22(31)27(9-10-28)19(23(16)11-14(24)18(15)32-23)21(30)26-17-12(2)6-5-7-13(17)3/h5-7,14-16,18-19,28H,4,8-11H2,1-3H3,(H,25,29)(H,26,30)/t14?,15-,16-,18-,19?,23?/m0/s1. The van der Waals surface area contributed by atoms with Gasteiger partial charge in [0.05, 0.1) is 24.5 Å². The van der Waals surface area contributed by atoms with E-state index >= 15 is 0 Å². The van der Waals surface area contributed by atoms with E-state index in [0.717, 1.165) is 17.5 Å². The molecule has 3 aliphatic rings. The van der Waals surface area contributed by atoms with Crippen molar-refractivity contribution in [2.75, 3.05) is 25.0 Å². The van der Waals surface area contributed by atoms with Crippen molar-refractivity contribution in [3.8, 4) is 0 Å². The van der Waals surface area contributed by atoms with Gasteiger partial charge in [-0.05, 0) is 37.8 Å². The first-order valence-corrected chi connectivity index (χ1v) is 12.1. The molecule has 3 unspecified atom stereocenters. The summed E-state index contributed by atoms with van der Waals surface area (Å²) >= 11 is 3.63. The second-order valence-electron chi connectivity index (χ2n) is 8.97. The number of benzene rings is 1. The van der Waals surface area contributed by atoms with Gasteiger partial charge < -0.3 is 25.4 Å². The molecule has 1 spiro atoms. The minimum atomic E-state index is -1.11. The van der Waals surface area contributed by atoms with E-state index in [4.69, 9.17) is 4.74 Å². The summed E-state index contributed by atoms with van der Waals surface area (Å²) in [6.07, 6.45) is 0.744. The Hall–Kier alpha value is -1.97. The number of aliphatic hydroxyl groups is 1. The molecule has 32 heavy (non-hydrogen) atoms. The molecule has 0 radical (unpaired) electrons. The molecule has 8 nitrogen and oxygen atoms in total. The summed E-state index contributed by atoms with van der Waals surface area (Å²) in [5.74, 6) is -2.31. The van der Waals surface area contributed by atoms with E-state index in [1.807, 2.05) is 39.0 Å². The molecule has 0 aromatic heterocycles. The Kier molecular flexibility index (Phi) is 6.35. The summed E-state index contributed by atoms with van der Waals surface area (Å²) in [4.78, 5) is 41.4. The van der Waals surface area contributed by atoms with Gasteiger partial charge in [0.25, 0.3) is 0 Å². The molecular weight excluding hydrogens is 478 g/mol. The highest BCUT2D eigenvalue weighted by Gasteiger charge is 2.76. The number of alkyl halides is 1. The molecule has 3 amide bonds. The van der Waals surface area contributed by atoms with Gasteiger partial charge >= 0.3 is 0 Å². The summed E-state index contributed by atoms with van der Waals surface area (Å²) in [5.41, 5.74) is 1.42. The maximum atomic E-state index is 13.6. The van der Waals surface area contributed by atoms with Crippen molar-refractivity contribution >= 4 is 39.3 Å². The summed E-state index contributed by atoms with van der Waals surface area (Å²) in [7, 11) is 0. The Balaban J connectivity index is 1.71. The molecule has 1 aromatic rings. The second kappa shape index (κ2) is 8.76. The maximum absolute atomic E-state index is 13.6. The average molecular weight is 508 g/mol. The zero-order valence-corrected chi connectivity index (χ0v) is 20.1. The number of aliphatic hydroxyl groups excluding tert-OH is 1. The number of likely N-dealkylation sites (tertiary alicyclic amines) is 1. The number of hydrogen-bond donors (Lipinski definition) is 3. The van der Waals surface area contributed by atoms with E-state index in [-0.39, 0.29) is 35.7 Å². The van der Waals surface area contributed by atoms with E-state index in [1.54, 1.807) is 0 Å². The Morgan fingerprint density at radius 3 is 2.59 bits per heavy atom. The lowest BCUT2D eigenvalue weighted by molar-refractivity contribution is -0.141. The summed E-state index contributed by atoms with van der Waals surface area (Å²) < 4.78 is 6.38. The monoisotopic (exact) mass is 507 g/mol. The van der Waals surface area contributed by atoms with Crippen molar-refractivity contribution < 1.29 is 24.2 Å². The van der Waals surface area contributed by atoms with Gasteiger partial charge in [-0.3, -0.25) is 14.4 Å². The number of para-hydroxylation sites is 1. The van der Waals surface area contributed by atoms with Crippen molar-refractivity contribution in [3.63, 3.8) is 0 Å². The molecular formula is C23H30BrN3O5. The number of carbonyl (C=O) groups is 3. The SMILES string of the molecule is CCCNC(=O)[C@H]1[C@H]2C(=O)N(CCO)C(C(=O)Nc3c(C)cccc3C)C23CC(Br)[C@@H]1O3. The first kappa shape index (κ1) is 23.2. The van der Waals surface area contributed by atoms with Crippen molar-refractivity contribution in [1.82, 2.24) is 10.2 Å². The Bertz CT molecular complexity index is 920. The Labute approximate surface area is 196 Å². The number of ether oxygens (including phenoxy) is 1. The molecule has 1 aromatic carbocycles. The normalized spacial score (nSPS) is 32.8. The molecule has 3 N–H and O–H groups in total. The third-order valence-electron chi connectivity index (χ3n) is 6.96. The lowest BCUT2D eigenvalue weighted by Crippen LogP contribution is -2.54. The summed E-state index contributed by atoms with van der Waals surface area (Å²) in [6.45, 7) is 6.02. The Morgan fingerprint density at radius 1 is 1.28 bits per heavy atom. The largest absolute Gasteiger partial charge is 0.395 e. The topological polar surface area (TPSA) is 108 Å². The molecule has 3 heterocycles. The predicted octanol–water partition coefficient (Wildman–Crippen LogP) is 1.51.